The standard InChI is InChI=1S/C17H26N4O3/c1-20-7-9-21(10-8-20)17(23)13-3-5-14(6-4-13)19-16(22)11-15(12-18)24-2/h3-6,15H,7-12,18H2,1-2H3,(H,19,22). The van der Waals surface area contributed by atoms with E-state index in [-0.39, 0.29) is 24.3 Å². The van der Waals surface area contributed by atoms with Crippen molar-refractivity contribution in [1.82, 2.24) is 9.80 Å². The molecule has 0 spiro atoms. The fraction of sp³-hybridized carbons (Fsp3) is 0.529. The molecule has 1 saturated heterocycles. The van der Waals surface area contributed by atoms with Gasteiger partial charge in [0.05, 0.1) is 12.5 Å². The Morgan fingerprint density at radius 3 is 2.38 bits per heavy atom. The van der Waals surface area contributed by atoms with Crippen molar-refractivity contribution in [1.29, 1.82) is 0 Å². The minimum Gasteiger partial charge on any atom is -0.380 e. The lowest BCUT2D eigenvalue weighted by atomic mass is 10.1. The zero-order chi connectivity index (χ0) is 17.5. The van der Waals surface area contributed by atoms with Gasteiger partial charge in [-0.1, -0.05) is 0 Å². The number of anilines is 1. The molecule has 1 aliphatic heterocycles. The second kappa shape index (κ2) is 8.77. The first-order chi connectivity index (χ1) is 11.5. The second-order valence-electron chi connectivity index (χ2n) is 6.02. The smallest absolute Gasteiger partial charge is 0.253 e. The molecular weight excluding hydrogens is 308 g/mol. The highest BCUT2D eigenvalue weighted by molar-refractivity contribution is 5.96. The van der Waals surface area contributed by atoms with Crippen LogP contribution in [0.1, 0.15) is 16.8 Å². The third kappa shape index (κ3) is 5.02. The van der Waals surface area contributed by atoms with Crippen molar-refractivity contribution in [2.75, 3.05) is 52.2 Å². The Kier molecular flexibility index (Phi) is 6.72. The van der Waals surface area contributed by atoms with Gasteiger partial charge in [-0.15, -0.1) is 0 Å². The van der Waals surface area contributed by atoms with Crippen molar-refractivity contribution in [3.63, 3.8) is 0 Å². The van der Waals surface area contributed by atoms with E-state index in [9.17, 15) is 9.59 Å². The molecule has 2 amide bonds. The van der Waals surface area contributed by atoms with Crippen LogP contribution in [0.4, 0.5) is 5.69 Å². The minimum atomic E-state index is -0.289. The van der Waals surface area contributed by atoms with Gasteiger partial charge in [-0.25, -0.2) is 0 Å². The summed E-state index contributed by atoms with van der Waals surface area (Å²) in [6.45, 7) is 3.56. The van der Waals surface area contributed by atoms with Crippen LogP contribution in [0, 0.1) is 0 Å². The topological polar surface area (TPSA) is 87.9 Å². The summed E-state index contributed by atoms with van der Waals surface area (Å²) in [6.07, 6.45) is -0.0855. The van der Waals surface area contributed by atoms with E-state index in [4.69, 9.17) is 10.5 Å². The number of nitrogens with two attached hydrogens (primary N) is 1. The highest BCUT2D eigenvalue weighted by atomic mass is 16.5. The van der Waals surface area contributed by atoms with Crippen molar-refractivity contribution in [3.8, 4) is 0 Å². The van der Waals surface area contributed by atoms with Crippen LogP contribution >= 0.6 is 0 Å². The molecule has 0 saturated carbocycles. The van der Waals surface area contributed by atoms with E-state index in [1.54, 1.807) is 24.3 Å². The van der Waals surface area contributed by atoms with Gasteiger partial charge >= 0.3 is 0 Å². The fourth-order valence-corrected chi connectivity index (χ4v) is 2.57. The van der Waals surface area contributed by atoms with Gasteiger partial charge < -0.3 is 25.6 Å². The Morgan fingerprint density at radius 2 is 1.83 bits per heavy atom. The van der Waals surface area contributed by atoms with Crippen molar-refractivity contribution >= 4 is 17.5 Å². The van der Waals surface area contributed by atoms with E-state index in [1.807, 2.05) is 4.90 Å². The molecule has 7 heteroatoms. The molecule has 24 heavy (non-hydrogen) atoms. The molecule has 1 aromatic carbocycles. The zero-order valence-electron chi connectivity index (χ0n) is 14.3. The summed E-state index contributed by atoms with van der Waals surface area (Å²) < 4.78 is 5.09. The average molecular weight is 334 g/mol. The number of carbonyl (C=O) groups excluding carboxylic acids is 2. The number of nitrogens with zero attached hydrogens (tertiary/aromatic N) is 2. The first kappa shape index (κ1) is 18.4. The summed E-state index contributed by atoms with van der Waals surface area (Å²) in [5, 5.41) is 2.79. The number of hydrogen-bond donors (Lipinski definition) is 2. The first-order valence-electron chi connectivity index (χ1n) is 8.14. The van der Waals surface area contributed by atoms with Gasteiger partial charge in [0.25, 0.3) is 5.91 Å². The van der Waals surface area contributed by atoms with Crippen LogP contribution in [0.5, 0.6) is 0 Å². The Morgan fingerprint density at radius 1 is 1.21 bits per heavy atom. The summed E-state index contributed by atoms with van der Waals surface area (Å²) in [5.41, 5.74) is 6.80. The van der Waals surface area contributed by atoms with Crippen molar-refractivity contribution < 1.29 is 14.3 Å². The highest BCUT2D eigenvalue weighted by Crippen LogP contribution is 2.13. The molecule has 1 aliphatic rings. The zero-order valence-corrected chi connectivity index (χ0v) is 14.3. The van der Waals surface area contributed by atoms with Gasteiger partial charge in [-0.3, -0.25) is 9.59 Å². The Balaban J connectivity index is 1.90. The van der Waals surface area contributed by atoms with Gasteiger partial charge in [-0.2, -0.15) is 0 Å². The van der Waals surface area contributed by atoms with Gasteiger partial charge in [0.1, 0.15) is 0 Å². The molecule has 1 heterocycles. The molecule has 3 N–H and O–H groups in total. The number of hydrogen-bond acceptors (Lipinski definition) is 5. The van der Waals surface area contributed by atoms with E-state index in [2.05, 4.69) is 17.3 Å². The minimum absolute atomic E-state index is 0.0311. The maximum Gasteiger partial charge on any atom is 0.253 e. The maximum absolute atomic E-state index is 12.5. The van der Waals surface area contributed by atoms with E-state index in [0.29, 0.717) is 17.8 Å². The van der Waals surface area contributed by atoms with Crippen molar-refractivity contribution in [2.24, 2.45) is 5.73 Å². The molecule has 2 rings (SSSR count). The number of benzene rings is 1. The average Bonchev–Trinajstić information content (AvgIpc) is 2.60. The second-order valence-corrected chi connectivity index (χ2v) is 6.02. The predicted molar refractivity (Wildman–Crippen MR) is 92.9 cm³/mol. The molecule has 1 aromatic rings. The molecule has 1 atom stereocenters. The first-order valence-corrected chi connectivity index (χ1v) is 8.14. The van der Waals surface area contributed by atoms with Gasteiger partial charge in [0.2, 0.25) is 5.91 Å². The maximum atomic E-state index is 12.5. The van der Waals surface area contributed by atoms with Crippen LogP contribution in [-0.2, 0) is 9.53 Å². The third-order valence-electron chi connectivity index (χ3n) is 4.22. The Bertz CT molecular complexity index is 549. The monoisotopic (exact) mass is 334 g/mol. The highest BCUT2D eigenvalue weighted by Gasteiger charge is 2.20. The number of ether oxygens (including phenoxy) is 1. The lowest BCUT2D eigenvalue weighted by Gasteiger charge is -2.32. The molecule has 1 unspecified atom stereocenters. The summed E-state index contributed by atoms with van der Waals surface area (Å²) in [6, 6.07) is 6.97. The number of piperazine rings is 1. The van der Waals surface area contributed by atoms with Crippen LogP contribution in [-0.4, -0.2) is 74.6 Å². The van der Waals surface area contributed by atoms with E-state index in [1.165, 1.54) is 7.11 Å². The fourth-order valence-electron chi connectivity index (χ4n) is 2.57. The predicted octanol–water partition coefficient (Wildman–Crippen LogP) is 0.377. The molecule has 132 valence electrons. The molecule has 0 bridgehead atoms. The summed E-state index contributed by atoms with van der Waals surface area (Å²) in [5.74, 6) is -0.131. The molecule has 0 aromatic heterocycles. The van der Waals surface area contributed by atoms with Gasteiger partial charge in [0.15, 0.2) is 0 Å². The van der Waals surface area contributed by atoms with Crippen molar-refractivity contribution in [2.45, 2.75) is 12.5 Å². The summed E-state index contributed by atoms with van der Waals surface area (Å²) >= 11 is 0. The Hall–Kier alpha value is -1.96. The van der Waals surface area contributed by atoms with E-state index in [0.717, 1.165) is 26.2 Å². The number of rotatable bonds is 6. The molecule has 0 aliphatic carbocycles. The lowest BCUT2D eigenvalue weighted by Crippen LogP contribution is -2.47. The van der Waals surface area contributed by atoms with E-state index < -0.39 is 0 Å². The van der Waals surface area contributed by atoms with Crippen LogP contribution in [0.25, 0.3) is 0 Å². The van der Waals surface area contributed by atoms with Gasteiger partial charge in [0, 0.05) is 51.1 Å². The quantitative estimate of drug-likeness (QED) is 0.785. The van der Waals surface area contributed by atoms with Crippen LogP contribution in [0.2, 0.25) is 0 Å². The molecule has 1 fully saturated rings. The number of likely N-dealkylation sites (N-methyl/N-ethyl adjacent to an activating group) is 1. The molecule has 7 nitrogen and oxygen atoms in total. The van der Waals surface area contributed by atoms with Crippen LogP contribution in [0.3, 0.4) is 0 Å². The normalized spacial score (nSPS) is 16.7. The largest absolute Gasteiger partial charge is 0.380 e. The molecule has 0 radical (unpaired) electrons. The van der Waals surface area contributed by atoms with Gasteiger partial charge in [-0.05, 0) is 31.3 Å². The van der Waals surface area contributed by atoms with Crippen LogP contribution < -0.4 is 11.1 Å². The SMILES string of the molecule is COC(CN)CC(=O)Nc1ccc(C(=O)N2CCN(C)CC2)cc1. The number of amides is 2. The van der Waals surface area contributed by atoms with Crippen molar-refractivity contribution in [3.05, 3.63) is 29.8 Å². The number of carbonyl (C=O) groups is 2. The molecular formula is C17H26N4O3. The summed E-state index contributed by atoms with van der Waals surface area (Å²) in [4.78, 5) is 28.4. The van der Waals surface area contributed by atoms with E-state index >= 15 is 0 Å². The lowest BCUT2D eigenvalue weighted by molar-refractivity contribution is -0.118. The third-order valence-corrected chi connectivity index (χ3v) is 4.22. The van der Waals surface area contributed by atoms with Crippen LogP contribution in [0.15, 0.2) is 24.3 Å². The summed E-state index contributed by atoms with van der Waals surface area (Å²) in [7, 11) is 3.58. The number of methoxy groups -OCH3 is 1. The number of nitrogens with one attached hydrogen (secondary N) is 1. The Labute approximate surface area is 142 Å².